The number of hydrogen-bond acceptors (Lipinski definition) is 5. The number of benzene rings is 2. The van der Waals surface area contributed by atoms with Crippen molar-refractivity contribution in [1.29, 1.82) is 10.7 Å². The average molecular weight is 358 g/mol. The van der Waals surface area contributed by atoms with Gasteiger partial charge in [0.15, 0.2) is 0 Å². The Labute approximate surface area is 156 Å². The molecule has 2 heterocycles. The fraction of sp³-hybridized carbons (Fsp3) is 0.190. The van der Waals surface area contributed by atoms with Crippen molar-refractivity contribution in [3.05, 3.63) is 65.7 Å². The maximum Gasteiger partial charge on any atom is 0.244 e. The number of fused-ring (bicyclic) bond motifs is 1. The van der Waals surface area contributed by atoms with Crippen LogP contribution in [0.1, 0.15) is 24.0 Å². The SMILES string of the molecule is CCOc1ccccc1[C@@H]1c2c(n[nH]c2-c2ccccc2)OC(=N)C1C#N. The molecule has 134 valence electrons. The summed E-state index contributed by atoms with van der Waals surface area (Å²) in [5.41, 5.74) is 3.35. The first-order valence-electron chi connectivity index (χ1n) is 8.76. The van der Waals surface area contributed by atoms with Crippen LogP contribution < -0.4 is 9.47 Å². The Hall–Kier alpha value is -3.59. The van der Waals surface area contributed by atoms with Crippen LogP contribution in [-0.2, 0) is 0 Å². The number of hydrogen-bond donors (Lipinski definition) is 2. The van der Waals surface area contributed by atoms with Crippen LogP contribution in [0.3, 0.4) is 0 Å². The van der Waals surface area contributed by atoms with Crippen molar-refractivity contribution >= 4 is 5.90 Å². The van der Waals surface area contributed by atoms with Gasteiger partial charge in [0.1, 0.15) is 11.7 Å². The summed E-state index contributed by atoms with van der Waals surface area (Å²) in [5.74, 6) is -0.248. The number of aromatic nitrogens is 2. The number of nitrogens with zero attached hydrogens (tertiary/aromatic N) is 2. The van der Waals surface area contributed by atoms with E-state index in [0.29, 0.717) is 18.2 Å². The van der Waals surface area contributed by atoms with Gasteiger partial charge in [-0.1, -0.05) is 48.5 Å². The molecule has 0 saturated carbocycles. The fourth-order valence-corrected chi connectivity index (χ4v) is 3.50. The zero-order chi connectivity index (χ0) is 18.8. The van der Waals surface area contributed by atoms with E-state index in [1.165, 1.54) is 0 Å². The van der Waals surface area contributed by atoms with Crippen molar-refractivity contribution in [3.8, 4) is 29.0 Å². The lowest BCUT2D eigenvalue weighted by molar-refractivity contribution is 0.332. The third kappa shape index (κ3) is 2.83. The molecule has 0 radical (unpaired) electrons. The molecule has 27 heavy (non-hydrogen) atoms. The van der Waals surface area contributed by atoms with Crippen LogP contribution in [0.4, 0.5) is 0 Å². The number of para-hydroxylation sites is 1. The van der Waals surface area contributed by atoms with Gasteiger partial charge in [0.2, 0.25) is 11.8 Å². The first kappa shape index (κ1) is 16.9. The van der Waals surface area contributed by atoms with Crippen molar-refractivity contribution in [3.63, 3.8) is 0 Å². The van der Waals surface area contributed by atoms with E-state index in [2.05, 4.69) is 16.3 Å². The maximum absolute atomic E-state index is 9.80. The maximum atomic E-state index is 9.80. The van der Waals surface area contributed by atoms with Crippen LogP contribution in [0, 0.1) is 22.7 Å². The van der Waals surface area contributed by atoms with E-state index in [9.17, 15) is 5.26 Å². The second kappa shape index (κ2) is 6.96. The molecule has 1 unspecified atom stereocenters. The molecule has 1 aliphatic heterocycles. The molecule has 0 amide bonds. The van der Waals surface area contributed by atoms with Crippen LogP contribution in [-0.4, -0.2) is 22.7 Å². The van der Waals surface area contributed by atoms with Gasteiger partial charge in [-0.05, 0) is 18.6 Å². The van der Waals surface area contributed by atoms with Crippen molar-refractivity contribution in [2.24, 2.45) is 5.92 Å². The molecular weight excluding hydrogens is 340 g/mol. The summed E-state index contributed by atoms with van der Waals surface area (Å²) in [6, 6.07) is 19.6. The Bertz CT molecular complexity index is 1020. The molecule has 2 N–H and O–H groups in total. The van der Waals surface area contributed by atoms with Crippen molar-refractivity contribution in [2.75, 3.05) is 6.61 Å². The topological polar surface area (TPSA) is 94.8 Å². The Balaban J connectivity index is 1.95. The van der Waals surface area contributed by atoms with E-state index in [4.69, 9.17) is 14.9 Å². The minimum absolute atomic E-state index is 0.104. The molecule has 0 saturated heterocycles. The second-order valence-electron chi connectivity index (χ2n) is 6.21. The summed E-state index contributed by atoms with van der Waals surface area (Å²) >= 11 is 0. The van der Waals surface area contributed by atoms with Crippen LogP contribution >= 0.6 is 0 Å². The number of nitrogens with one attached hydrogen (secondary N) is 2. The van der Waals surface area contributed by atoms with Gasteiger partial charge in [0.05, 0.1) is 23.9 Å². The highest BCUT2D eigenvalue weighted by Crippen LogP contribution is 2.47. The molecule has 2 aromatic carbocycles. The lowest BCUT2D eigenvalue weighted by Crippen LogP contribution is -2.31. The third-order valence-corrected chi connectivity index (χ3v) is 4.66. The number of ether oxygens (including phenoxy) is 2. The smallest absolute Gasteiger partial charge is 0.244 e. The summed E-state index contributed by atoms with van der Waals surface area (Å²) in [4.78, 5) is 0. The Morgan fingerprint density at radius 1 is 1.19 bits per heavy atom. The molecule has 3 aromatic rings. The third-order valence-electron chi connectivity index (χ3n) is 4.66. The average Bonchev–Trinajstić information content (AvgIpc) is 3.12. The van der Waals surface area contributed by atoms with Gasteiger partial charge in [0.25, 0.3) is 0 Å². The first-order valence-corrected chi connectivity index (χ1v) is 8.76. The lowest BCUT2D eigenvalue weighted by Gasteiger charge is -2.29. The lowest BCUT2D eigenvalue weighted by atomic mass is 9.78. The van der Waals surface area contributed by atoms with Crippen LogP contribution in [0.2, 0.25) is 0 Å². The van der Waals surface area contributed by atoms with Gasteiger partial charge in [-0.25, -0.2) is 0 Å². The summed E-state index contributed by atoms with van der Waals surface area (Å²) in [7, 11) is 0. The normalized spacial score (nSPS) is 18.3. The van der Waals surface area contributed by atoms with Gasteiger partial charge in [-0.15, -0.1) is 5.10 Å². The summed E-state index contributed by atoms with van der Waals surface area (Å²) in [6.45, 7) is 2.43. The molecule has 0 spiro atoms. The monoisotopic (exact) mass is 358 g/mol. The molecular formula is C21H18N4O2. The van der Waals surface area contributed by atoms with Crippen molar-refractivity contribution < 1.29 is 9.47 Å². The van der Waals surface area contributed by atoms with E-state index >= 15 is 0 Å². The number of H-pyrrole nitrogens is 1. The minimum atomic E-state index is -0.765. The number of aromatic amines is 1. The fourth-order valence-electron chi connectivity index (χ4n) is 3.50. The van der Waals surface area contributed by atoms with Crippen LogP contribution in [0.15, 0.2) is 54.6 Å². The summed E-state index contributed by atoms with van der Waals surface area (Å²) in [5, 5.41) is 25.3. The molecule has 2 atom stereocenters. The molecule has 4 rings (SSSR count). The molecule has 6 nitrogen and oxygen atoms in total. The van der Waals surface area contributed by atoms with Gasteiger partial charge in [-0.3, -0.25) is 10.5 Å². The molecule has 0 fully saturated rings. The van der Waals surface area contributed by atoms with E-state index in [1.807, 2.05) is 61.5 Å². The van der Waals surface area contributed by atoms with E-state index in [1.54, 1.807) is 0 Å². The highest BCUT2D eigenvalue weighted by Gasteiger charge is 2.41. The van der Waals surface area contributed by atoms with Crippen molar-refractivity contribution in [2.45, 2.75) is 12.8 Å². The van der Waals surface area contributed by atoms with Crippen LogP contribution in [0.25, 0.3) is 11.3 Å². The van der Waals surface area contributed by atoms with Gasteiger partial charge in [-0.2, -0.15) is 5.26 Å². The van der Waals surface area contributed by atoms with Gasteiger partial charge >= 0.3 is 0 Å². The Morgan fingerprint density at radius 3 is 2.67 bits per heavy atom. The van der Waals surface area contributed by atoms with Crippen LogP contribution in [0.5, 0.6) is 11.6 Å². The Kier molecular flexibility index (Phi) is 4.35. The van der Waals surface area contributed by atoms with Gasteiger partial charge in [0, 0.05) is 11.5 Å². The predicted molar refractivity (Wildman–Crippen MR) is 101 cm³/mol. The highest BCUT2D eigenvalue weighted by molar-refractivity contribution is 5.86. The standard InChI is InChI=1S/C21H18N4O2/c1-2-26-16-11-7-6-10-14(16)17-15(12-22)20(23)27-21-18(17)19(24-25-21)13-8-4-3-5-9-13/h3-11,15,17,23H,2H2,1H3,(H,24,25)/t15?,17-/m0/s1. The second-order valence-corrected chi connectivity index (χ2v) is 6.21. The highest BCUT2D eigenvalue weighted by atomic mass is 16.5. The van der Waals surface area contributed by atoms with E-state index < -0.39 is 11.8 Å². The predicted octanol–water partition coefficient (Wildman–Crippen LogP) is 4.12. The van der Waals surface area contributed by atoms with E-state index in [0.717, 1.165) is 22.4 Å². The van der Waals surface area contributed by atoms with E-state index in [-0.39, 0.29) is 5.90 Å². The summed E-state index contributed by atoms with van der Waals surface area (Å²) < 4.78 is 11.4. The molecule has 6 heteroatoms. The zero-order valence-electron chi connectivity index (χ0n) is 14.8. The largest absolute Gasteiger partial charge is 0.494 e. The van der Waals surface area contributed by atoms with Gasteiger partial charge < -0.3 is 9.47 Å². The quantitative estimate of drug-likeness (QED) is 0.733. The molecule has 1 aliphatic rings. The molecule has 1 aromatic heterocycles. The van der Waals surface area contributed by atoms with Crippen molar-refractivity contribution in [1.82, 2.24) is 10.2 Å². The Morgan fingerprint density at radius 2 is 1.93 bits per heavy atom. The minimum Gasteiger partial charge on any atom is -0.494 e. The molecule has 0 bridgehead atoms. The first-order chi connectivity index (χ1) is 13.2. The molecule has 0 aliphatic carbocycles. The zero-order valence-corrected chi connectivity index (χ0v) is 14.8. The summed E-state index contributed by atoms with van der Waals surface area (Å²) in [6.07, 6.45) is 0. The number of rotatable bonds is 4. The number of nitriles is 1.